The van der Waals surface area contributed by atoms with Gasteiger partial charge in [-0.15, -0.1) is 0 Å². The molecule has 20 heavy (non-hydrogen) atoms. The van der Waals surface area contributed by atoms with E-state index in [0.29, 0.717) is 30.6 Å². The number of carboxylic acid groups (broad SMARTS) is 1. The summed E-state index contributed by atoms with van der Waals surface area (Å²) in [7, 11) is 0. The maximum atomic E-state index is 12.5. The van der Waals surface area contributed by atoms with Gasteiger partial charge in [-0.25, -0.2) is 9.97 Å². The Bertz CT molecular complexity index is 516. The second-order valence-electron chi connectivity index (χ2n) is 5.40. The molecule has 2 heterocycles. The van der Waals surface area contributed by atoms with Gasteiger partial charge in [-0.3, -0.25) is 9.59 Å². The third kappa shape index (κ3) is 2.95. The summed E-state index contributed by atoms with van der Waals surface area (Å²) >= 11 is 0. The lowest BCUT2D eigenvalue weighted by molar-refractivity contribution is -0.143. The molecule has 2 rings (SSSR count). The Kier molecular flexibility index (Phi) is 4.32. The van der Waals surface area contributed by atoms with E-state index < -0.39 is 11.9 Å². The van der Waals surface area contributed by atoms with Crippen LogP contribution in [-0.2, 0) is 4.79 Å². The van der Waals surface area contributed by atoms with Gasteiger partial charge < -0.3 is 10.0 Å². The number of aromatic nitrogens is 2. The van der Waals surface area contributed by atoms with Crippen molar-refractivity contribution in [1.29, 1.82) is 0 Å². The Morgan fingerprint density at radius 2 is 2.20 bits per heavy atom. The highest BCUT2D eigenvalue weighted by Crippen LogP contribution is 2.22. The number of carboxylic acids is 1. The van der Waals surface area contributed by atoms with Crippen LogP contribution in [0.1, 0.15) is 48.7 Å². The smallest absolute Gasteiger partial charge is 0.308 e. The summed E-state index contributed by atoms with van der Waals surface area (Å²) in [4.78, 5) is 33.3. The molecule has 1 aromatic heterocycles. The third-order valence-corrected chi connectivity index (χ3v) is 3.58. The minimum absolute atomic E-state index is 0.122. The first kappa shape index (κ1) is 14.4. The highest BCUT2D eigenvalue weighted by atomic mass is 16.4. The number of hydrogen-bond donors (Lipinski definition) is 1. The molecule has 1 saturated heterocycles. The minimum atomic E-state index is -0.837. The molecule has 0 aliphatic carbocycles. The van der Waals surface area contributed by atoms with E-state index in [-0.39, 0.29) is 18.4 Å². The van der Waals surface area contributed by atoms with Crippen molar-refractivity contribution in [2.45, 2.75) is 32.6 Å². The van der Waals surface area contributed by atoms with Gasteiger partial charge in [0.05, 0.1) is 17.2 Å². The molecule has 1 atom stereocenters. The summed E-state index contributed by atoms with van der Waals surface area (Å²) in [5.41, 5.74) is 1.19. The van der Waals surface area contributed by atoms with Gasteiger partial charge in [-0.05, 0) is 18.8 Å². The lowest BCUT2D eigenvalue weighted by Gasteiger charge is -2.31. The zero-order valence-corrected chi connectivity index (χ0v) is 11.7. The van der Waals surface area contributed by atoms with Crippen LogP contribution >= 0.6 is 0 Å². The fourth-order valence-corrected chi connectivity index (χ4v) is 2.50. The Morgan fingerprint density at radius 1 is 1.45 bits per heavy atom. The van der Waals surface area contributed by atoms with Crippen LogP contribution in [0.3, 0.4) is 0 Å². The summed E-state index contributed by atoms with van der Waals surface area (Å²) in [5, 5.41) is 9.09. The fraction of sp³-hybridized carbons (Fsp3) is 0.571. The second-order valence-corrected chi connectivity index (χ2v) is 5.40. The Balaban J connectivity index is 2.21. The normalized spacial score (nSPS) is 19.1. The van der Waals surface area contributed by atoms with Crippen molar-refractivity contribution in [3.05, 3.63) is 23.8 Å². The summed E-state index contributed by atoms with van der Waals surface area (Å²) in [6, 6.07) is 0. The van der Waals surface area contributed by atoms with Gasteiger partial charge in [0.2, 0.25) is 0 Å². The highest BCUT2D eigenvalue weighted by Gasteiger charge is 2.30. The summed E-state index contributed by atoms with van der Waals surface area (Å²) in [6.07, 6.45) is 4.30. The van der Waals surface area contributed by atoms with Gasteiger partial charge in [0.15, 0.2) is 0 Å². The molecule has 0 unspecified atom stereocenters. The van der Waals surface area contributed by atoms with Gasteiger partial charge in [0.1, 0.15) is 6.33 Å². The molecule has 0 spiro atoms. The first-order chi connectivity index (χ1) is 9.50. The highest BCUT2D eigenvalue weighted by molar-refractivity contribution is 5.95. The van der Waals surface area contributed by atoms with Gasteiger partial charge >= 0.3 is 5.97 Å². The van der Waals surface area contributed by atoms with Crippen LogP contribution in [0.4, 0.5) is 0 Å². The number of rotatable bonds is 3. The summed E-state index contributed by atoms with van der Waals surface area (Å²) in [6.45, 7) is 4.79. The standard InChI is InChI=1S/C14H19N3O3/c1-9(2)12-11(6-15-8-16-12)13(18)17-5-3-4-10(7-17)14(19)20/h6,8-10H,3-5,7H2,1-2H3,(H,19,20)/t10-/m0/s1. The number of carbonyl (C=O) groups is 2. The average Bonchev–Trinajstić information content (AvgIpc) is 2.46. The van der Waals surface area contributed by atoms with Crippen molar-refractivity contribution in [2.24, 2.45) is 5.92 Å². The number of likely N-dealkylation sites (tertiary alicyclic amines) is 1. The summed E-state index contributed by atoms with van der Waals surface area (Å²) in [5.74, 6) is -1.35. The van der Waals surface area contributed by atoms with Crippen molar-refractivity contribution in [3.8, 4) is 0 Å². The van der Waals surface area contributed by atoms with Crippen LogP contribution in [0.2, 0.25) is 0 Å². The van der Waals surface area contributed by atoms with Gasteiger partial charge in [-0.2, -0.15) is 0 Å². The van der Waals surface area contributed by atoms with Crippen LogP contribution < -0.4 is 0 Å². The van der Waals surface area contributed by atoms with Gasteiger partial charge in [-0.1, -0.05) is 13.8 Å². The second kappa shape index (κ2) is 5.98. The van der Waals surface area contributed by atoms with Crippen molar-refractivity contribution in [3.63, 3.8) is 0 Å². The molecular weight excluding hydrogens is 258 g/mol. The lowest BCUT2D eigenvalue weighted by Crippen LogP contribution is -2.42. The maximum absolute atomic E-state index is 12.5. The predicted molar refractivity (Wildman–Crippen MR) is 72.4 cm³/mol. The van der Waals surface area contributed by atoms with E-state index in [2.05, 4.69) is 9.97 Å². The van der Waals surface area contributed by atoms with E-state index >= 15 is 0 Å². The molecule has 0 radical (unpaired) electrons. The molecule has 1 aliphatic rings. The van der Waals surface area contributed by atoms with E-state index in [4.69, 9.17) is 5.11 Å². The van der Waals surface area contributed by atoms with E-state index in [1.54, 1.807) is 4.90 Å². The maximum Gasteiger partial charge on any atom is 0.308 e. The number of piperidine rings is 1. The zero-order chi connectivity index (χ0) is 14.7. The molecule has 0 aromatic carbocycles. The molecule has 1 fully saturated rings. The third-order valence-electron chi connectivity index (χ3n) is 3.58. The quantitative estimate of drug-likeness (QED) is 0.906. The number of hydrogen-bond acceptors (Lipinski definition) is 4. The van der Waals surface area contributed by atoms with E-state index in [0.717, 1.165) is 0 Å². The molecular formula is C14H19N3O3. The van der Waals surface area contributed by atoms with Crippen LogP contribution in [-0.4, -0.2) is 44.9 Å². The zero-order valence-electron chi connectivity index (χ0n) is 11.7. The van der Waals surface area contributed by atoms with Crippen LogP contribution in [0.25, 0.3) is 0 Å². The van der Waals surface area contributed by atoms with Gasteiger partial charge in [0, 0.05) is 19.3 Å². The fourth-order valence-electron chi connectivity index (χ4n) is 2.50. The van der Waals surface area contributed by atoms with Crippen LogP contribution in [0.15, 0.2) is 12.5 Å². The summed E-state index contributed by atoms with van der Waals surface area (Å²) < 4.78 is 0. The topological polar surface area (TPSA) is 83.4 Å². The number of nitrogens with zero attached hydrogens (tertiary/aromatic N) is 3. The van der Waals surface area contributed by atoms with Gasteiger partial charge in [0.25, 0.3) is 5.91 Å². The Labute approximate surface area is 117 Å². The first-order valence-corrected chi connectivity index (χ1v) is 6.82. The van der Waals surface area contributed by atoms with Crippen molar-refractivity contribution in [2.75, 3.05) is 13.1 Å². The first-order valence-electron chi connectivity index (χ1n) is 6.82. The van der Waals surface area contributed by atoms with Crippen LogP contribution in [0, 0.1) is 5.92 Å². The Morgan fingerprint density at radius 3 is 2.85 bits per heavy atom. The van der Waals surface area contributed by atoms with Crippen molar-refractivity contribution >= 4 is 11.9 Å². The number of aliphatic carboxylic acids is 1. The lowest BCUT2D eigenvalue weighted by atomic mass is 9.97. The molecule has 1 aromatic rings. The van der Waals surface area contributed by atoms with Crippen molar-refractivity contribution in [1.82, 2.24) is 14.9 Å². The van der Waals surface area contributed by atoms with E-state index in [9.17, 15) is 9.59 Å². The van der Waals surface area contributed by atoms with E-state index in [1.165, 1.54) is 12.5 Å². The average molecular weight is 277 g/mol. The van der Waals surface area contributed by atoms with E-state index in [1.807, 2.05) is 13.8 Å². The molecule has 6 nitrogen and oxygen atoms in total. The van der Waals surface area contributed by atoms with Crippen molar-refractivity contribution < 1.29 is 14.7 Å². The number of carbonyl (C=O) groups excluding carboxylic acids is 1. The largest absolute Gasteiger partial charge is 0.481 e. The molecule has 0 saturated carbocycles. The molecule has 0 bridgehead atoms. The predicted octanol–water partition coefficient (Wildman–Crippen LogP) is 1.54. The molecule has 108 valence electrons. The SMILES string of the molecule is CC(C)c1ncncc1C(=O)N1CCC[C@H](C(=O)O)C1. The monoisotopic (exact) mass is 277 g/mol. The molecule has 1 aliphatic heterocycles. The molecule has 6 heteroatoms. The number of amides is 1. The minimum Gasteiger partial charge on any atom is -0.481 e. The van der Waals surface area contributed by atoms with Crippen LogP contribution in [0.5, 0.6) is 0 Å². The molecule has 1 N–H and O–H groups in total. The Hall–Kier alpha value is -1.98. The molecule has 1 amide bonds.